The number of rotatable bonds is 2. The van der Waals surface area contributed by atoms with Crippen molar-refractivity contribution in [1.29, 1.82) is 0 Å². The molecule has 1 aromatic carbocycles. The third-order valence-electron chi connectivity index (χ3n) is 2.03. The minimum absolute atomic E-state index is 0.0337. The summed E-state index contributed by atoms with van der Waals surface area (Å²) in [4.78, 5) is 19.8. The van der Waals surface area contributed by atoms with Crippen molar-refractivity contribution in [2.45, 2.75) is 12.4 Å². The van der Waals surface area contributed by atoms with Crippen LogP contribution in [0, 0.1) is 10.1 Å². The van der Waals surface area contributed by atoms with Crippen LogP contribution in [0.2, 0.25) is 0 Å². The number of hydrogen-bond donors (Lipinski definition) is 1. The number of nitrogens with one attached hydrogen (secondary N) is 1. The summed E-state index contributed by atoms with van der Waals surface area (Å²) in [7, 11) is 0. The number of halogens is 6. The van der Waals surface area contributed by atoms with Gasteiger partial charge in [0.25, 0.3) is 5.69 Å². The summed E-state index contributed by atoms with van der Waals surface area (Å²) in [5, 5.41) is 11.7. The molecule has 0 radical (unpaired) electrons. The van der Waals surface area contributed by atoms with Crippen LogP contribution in [-0.2, 0) is 11.0 Å². The van der Waals surface area contributed by atoms with Gasteiger partial charge in [-0.05, 0) is 12.1 Å². The Hall–Kier alpha value is -2.33. The van der Waals surface area contributed by atoms with Gasteiger partial charge in [0, 0.05) is 6.07 Å². The SMILES string of the molecule is O=C(Nc1ccc(C(F)(F)F)cc1[N+](=O)[O-])C(F)(F)F. The molecule has 1 rings (SSSR count). The predicted molar refractivity (Wildman–Crippen MR) is 52.8 cm³/mol. The predicted octanol–water partition coefficient (Wildman–Crippen LogP) is 3.11. The van der Waals surface area contributed by atoms with Crippen LogP contribution >= 0.6 is 0 Å². The highest BCUT2D eigenvalue weighted by atomic mass is 19.4. The highest BCUT2D eigenvalue weighted by molar-refractivity contribution is 5.96. The van der Waals surface area contributed by atoms with E-state index in [-0.39, 0.29) is 6.07 Å². The van der Waals surface area contributed by atoms with Crippen molar-refractivity contribution < 1.29 is 36.1 Å². The fraction of sp³-hybridized carbons (Fsp3) is 0.222. The standard InChI is InChI=1S/C9H4F6N2O3/c10-8(11,12)4-1-2-5(6(3-4)17(19)20)16-7(18)9(13,14)15/h1-3H,(H,16,18). The van der Waals surface area contributed by atoms with E-state index in [9.17, 15) is 41.3 Å². The lowest BCUT2D eigenvalue weighted by molar-refractivity contribution is -0.384. The van der Waals surface area contributed by atoms with Crippen LogP contribution in [0.4, 0.5) is 37.7 Å². The minimum Gasteiger partial charge on any atom is -0.312 e. The molecule has 0 aliphatic carbocycles. The highest BCUT2D eigenvalue weighted by Gasteiger charge is 2.40. The maximum absolute atomic E-state index is 12.3. The van der Waals surface area contributed by atoms with Crippen LogP contribution in [-0.4, -0.2) is 17.0 Å². The normalized spacial score (nSPS) is 12.1. The highest BCUT2D eigenvalue weighted by Crippen LogP contribution is 2.35. The fourth-order valence-electron chi connectivity index (χ4n) is 1.16. The molecule has 0 unspecified atom stereocenters. The van der Waals surface area contributed by atoms with Crippen LogP contribution in [0.15, 0.2) is 18.2 Å². The summed E-state index contributed by atoms with van der Waals surface area (Å²) in [5.74, 6) is -2.53. The zero-order valence-corrected chi connectivity index (χ0v) is 9.17. The number of hydrogen-bond acceptors (Lipinski definition) is 3. The van der Waals surface area contributed by atoms with E-state index in [2.05, 4.69) is 0 Å². The third-order valence-corrected chi connectivity index (χ3v) is 2.03. The van der Waals surface area contributed by atoms with Crippen molar-refractivity contribution in [3.63, 3.8) is 0 Å². The van der Waals surface area contributed by atoms with E-state index in [4.69, 9.17) is 0 Å². The van der Waals surface area contributed by atoms with Gasteiger partial charge in [0.2, 0.25) is 0 Å². The van der Waals surface area contributed by atoms with E-state index in [0.717, 1.165) is 5.32 Å². The van der Waals surface area contributed by atoms with Gasteiger partial charge in [-0.2, -0.15) is 26.3 Å². The maximum Gasteiger partial charge on any atom is 0.471 e. The van der Waals surface area contributed by atoms with Gasteiger partial charge in [0.1, 0.15) is 5.69 Å². The van der Waals surface area contributed by atoms with Crippen molar-refractivity contribution >= 4 is 17.3 Å². The Labute approximate surface area is 106 Å². The number of amides is 1. The monoisotopic (exact) mass is 302 g/mol. The molecule has 0 atom stereocenters. The van der Waals surface area contributed by atoms with E-state index < -0.39 is 40.1 Å². The number of benzene rings is 1. The number of anilines is 1. The summed E-state index contributed by atoms with van der Waals surface area (Å²) in [6.45, 7) is 0. The minimum atomic E-state index is -5.32. The Balaban J connectivity index is 3.22. The van der Waals surface area contributed by atoms with Crippen LogP contribution < -0.4 is 5.32 Å². The van der Waals surface area contributed by atoms with E-state index in [1.54, 1.807) is 0 Å². The average molecular weight is 302 g/mol. The molecule has 110 valence electrons. The van der Waals surface area contributed by atoms with Crippen molar-refractivity contribution in [2.24, 2.45) is 0 Å². The smallest absolute Gasteiger partial charge is 0.312 e. The molecule has 0 aromatic heterocycles. The summed E-state index contributed by atoms with van der Waals surface area (Å²) in [5.41, 5.74) is -3.70. The number of nitrogens with zero attached hydrogens (tertiary/aromatic N) is 1. The summed E-state index contributed by atoms with van der Waals surface area (Å²) in [6.07, 6.45) is -10.2. The first-order valence-corrected chi connectivity index (χ1v) is 4.66. The van der Waals surface area contributed by atoms with E-state index in [0.29, 0.717) is 12.1 Å². The van der Waals surface area contributed by atoms with E-state index in [1.807, 2.05) is 0 Å². The lowest BCUT2D eigenvalue weighted by Gasteiger charge is -2.10. The van der Waals surface area contributed by atoms with Crippen molar-refractivity contribution in [3.8, 4) is 0 Å². The molecule has 11 heteroatoms. The van der Waals surface area contributed by atoms with Gasteiger partial charge in [0.05, 0.1) is 10.5 Å². The maximum atomic E-state index is 12.3. The lowest BCUT2D eigenvalue weighted by Crippen LogP contribution is -2.30. The molecule has 0 saturated carbocycles. The van der Waals surface area contributed by atoms with Gasteiger partial charge in [-0.1, -0.05) is 0 Å². The van der Waals surface area contributed by atoms with Crippen LogP contribution in [0.5, 0.6) is 0 Å². The topological polar surface area (TPSA) is 72.2 Å². The number of carbonyl (C=O) groups excluding carboxylic acids is 1. The van der Waals surface area contributed by atoms with Crippen LogP contribution in [0.25, 0.3) is 0 Å². The molecule has 0 saturated heterocycles. The molecule has 0 aliphatic rings. The molecule has 0 spiro atoms. The number of alkyl halides is 6. The molecule has 20 heavy (non-hydrogen) atoms. The summed E-state index contributed by atoms with van der Waals surface area (Å²) < 4.78 is 72.9. The van der Waals surface area contributed by atoms with Gasteiger partial charge in [-0.25, -0.2) is 0 Å². The molecular weight excluding hydrogens is 298 g/mol. The van der Waals surface area contributed by atoms with Gasteiger partial charge >= 0.3 is 18.3 Å². The van der Waals surface area contributed by atoms with Crippen LogP contribution in [0.3, 0.4) is 0 Å². The average Bonchev–Trinajstić information content (AvgIpc) is 2.26. The largest absolute Gasteiger partial charge is 0.471 e. The Morgan fingerprint density at radius 3 is 2.10 bits per heavy atom. The Bertz CT molecular complexity index is 552. The van der Waals surface area contributed by atoms with E-state index >= 15 is 0 Å². The van der Waals surface area contributed by atoms with Gasteiger partial charge in [-0.3, -0.25) is 14.9 Å². The zero-order valence-electron chi connectivity index (χ0n) is 9.17. The summed E-state index contributed by atoms with van der Waals surface area (Å²) in [6, 6.07) is 0.732. The van der Waals surface area contributed by atoms with Crippen LogP contribution in [0.1, 0.15) is 5.56 Å². The van der Waals surface area contributed by atoms with Crippen molar-refractivity contribution in [2.75, 3.05) is 5.32 Å². The van der Waals surface area contributed by atoms with Gasteiger partial charge in [0.15, 0.2) is 0 Å². The van der Waals surface area contributed by atoms with E-state index in [1.165, 1.54) is 0 Å². The second-order valence-electron chi connectivity index (χ2n) is 3.44. The van der Waals surface area contributed by atoms with Gasteiger partial charge in [-0.15, -0.1) is 0 Å². The molecule has 0 bridgehead atoms. The number of nitro benzene ring substituents is 1. The zero-order chi connectivity index (χ0) is 15.7. The molecule has 0 aliphatic heterocycles. The third kappa shape index (κ3) is 3.59. The Morgan fingerprint density at radius 2 is 1.70 bits per heavy atom. The fourth-order valence-corrected chi connectivity index (χ4v) is 1.16. The first-order valence-electron chi connectivity index (χ1n) is 4.66. The first kappa shape index (κ1) is 15.7. The molecule has 0 heterocycles. The van der Waals surface area contributed by atoms with Crippen molar-refractivity contribution in [1.82, 2.24) is 0 Å². The quantitative estimate of drug-likeness (QED) is 0.518. The second-order valence-corrected chi connectivity index (χ2v) is 3.44. The second kappa shape index (κ2) is 4.98. The first-order chi connectivity index (χ1) is 8.93. The summed E-state index contributed by atoms with van der Waals surface area (Å²) >= 11 is 0. The van der Waals surface area contributed by atoms with Crippen molar-refractivity contribution in [3.05, 3.63) is 33.9 Å². The molecule has 1 aromatic rings. The number of carbonyl (C=O) groups is 1. The van der Waals surface area contributed by atoms with Gasteiger partial charge < -0.3 is 5.32 Å². The molecule has 1 N–H and O–H groups in total. The molecule has 1 amide bonds. The number of nitro groups is 1. The molecule has 5 nitrogen and oxygen atoms in total. The molecular formula is C9H4F6N2O3. The molecule has 0 fully saturated rings. The Morgan fingerprint density at radius 1 is 1.15 bits per heavy atom. The lowest BCUT2D eigenvalue weighted by atomic mass is 10.1. The Kier molecular flexibility index (Phi) is 3.92.